The highest BCUT2D eigenvalue weighted by Gasteiger charge is 2.18. The predicted molar refractivity (Wildman–Crippen MR) is 73.2 cm³/mol. The van der Waals surface area contributed by atoms with Crippen LogP contribution in [0.15, 0.2) is 12.1 Å². The molecule has 3 N–H and O–H groups in total. The SMILES string of the molecule is Nc1cc(F)cc(C(=O)NCC2CCSCC2)c1F. The summed E-state index contributed by atoms with van der Waals surface area (Å²) in [6.07, 6.45) is 2.08. The number of rotatable bonds is 3. The molecule has 0 aromatic heterocycles. The fraction of sp³-hybridized carbons (Fsp3) is 0.462. The summed E-state index contributed by atoms with van der Waals surface area (Å²) in [6.45, 7) is 0.495. The summed E-state index contributed by atoms with van der Waals surface area (Å²) in [6, 6.07) is 1.74. The molecule has 1 aromatic rings. The maximum atomic E-state index is 13.6. The van der Waals surface area contributed by atoms with Gasteiger partial charge in [-0.05, 0) is 42.4 Å². The van der Waals surface area contributed by atoms with Gasteiger partial charge in [0, 0.05) is 6.54 Å². The first-order valence-electron chi connectivity index (χ1n) is 6.18. The highest BCUT2D eigenvalue weighted by Crippen LogP contribution is 2.22. The van der Waals surface area contributed by atoms with Crippen LogP contribution in [0.4, 0.5) is 14.5 Å². The highest BCUT2D eigenvalue weighted by atomic mass is 32.2. The van der Waals surface area contributed by atoms with Crippen LogP contribution in [0.5, 0.6) is 0 Å². The number of benzene rings is 1. The van der Waals surface area contributed by atoms with Crippen molar-refractivity contribution in [3.8, 4) is 0 Å². The number of nitrogen functional groups attached to an aromatic ring is 1. The minimum atomic E-state index is -0.863. The van der Waals surface area contributed by atoms with E-state index in [2.05, 4.69) is 5.32 Å². The number of carbonyl (C=O) groups excluding carboxylic acids is 1. The van der Waals surface area contributed by atoms with Gasteiger partial charge in [0.15, 0.2) is 5.82 Å². The van der Waals surface area contributed by atoms with Crippen LogP contribution in [-0.2, 0) is 0 Å². The molecular formula is C13H16F2N2OS. The molecular weight excluding hydrogens is 270 g/mol. The van der Waals surface area contributed by atoms with Gasteiger partial charge in [0.2, 0.25) is 0 Å². The number of hydrogen-bond acceptors (Lipinski definition) is 3. The molecule has 0 unspecified atom stereocenters. The smallest absolute Gasteiger partial charge is 0.254 e. The molecule has 0 saturated carbocycles. The molecule has 2 rings (SSSR count). The largest absolute Gasteiger partial charge is 0.396 e. The number of hydrogen-bond donors (Lipinski definition) is 2. The monoisotopic (exact) mass is 286 g/mol. The Balaban J connectivity index is 1.99. The van der Waals surface area contributed by atoms with Crippen LogP contribution in [0.25, 0.3) is 0 Å². The maximum absolute atomic E-state index is 13.6. The Labute approximate surface area is 114 Å². The van der Waals surface area contributed by atoms with Crippen LogP contribution in [-0.4, -0.2) is 24.0 Å². The minimum absolute atomic E-state index is 0.331. The first kappa shape index (κ1) is 14.1. The molecule has 1 aliphatic rings. The van der Waals surface area contributed by atoms with Crippen molar-refractivity contribution in [2.24, 2.45) is 5.92 Å². The Morgan fingerprint density at radius 1 is 1.37 bits per heavy atom. The summed E-state index contributed by atoms with van der Waals surface area (Å²) in [5.41, 5.74) is 4.62. The quantitative estimate of drug-likeness (QED) is 0.839. The van der Waals surface area contributed by atoms with E-state index in [0.717, 1.165) is 36.5 Å². The third-order valence-electron chi connectivity index (χ3n) is 3.20. The molecule has 1 saturated heterocycles. The summed E-state index contributed by atoms with van der Waals surface area (Å²) in [7, 11) is 0. The van der Waals surface area contributed by atoms with Gasteiger partial charge in [-0.25, -0.2) is 8.78 Å². The predicted octanol–water partition coefficient (Wildman–Crippen LogP) is 2.42. The van der Waals surface area contributed by atoms with Crippen molar-refractivity contribution in [3.63, 3.8) is 0 Å². The number of nitrogens with two attached hydrogens (primary N) is 1. The lowest BCUT2D eigenvalue weighted by Gasteiger charge is -2.21. The first-order chi connectivity index (χ1) is 9.08. The van der Waals surface area contributed by atoms with Crippen LogP contribution < -0.4 is 11.1 Å². The van der Waals surface area contributed by atoms with Gasteiger partial charge in [0.25, 0.3) is 5.91 Å². The summed E-state index contributed by atoms with van der Waals surface area (Å²) < 4.78 is 26.8. The summed E-state index contributed by atoms with van der Waals surface area (Å²) in [5.74, 6) is 0.404. The normalized spacial score (nSPS) is 16.3. The lowest BCUT2D eigenvalue weighted by molar-refractivity contribution is 0.0942. The van der Waals surface area contributed by atoms with E-state index in [0.29, 0.717) is 12.5 Å². The van der Waals surface area contributed by atoms with Gasteiger partial charge >= 0.3 is 0 Å². The van der Waals surface area contributed by atoms with Gasteiger partial charge in [-0.2, -0.15) is 11.8 Å². The molecule has 19 heavy (non-hydrogen) atoms. The molecule has 6 heteroatoms. The molecule has 1 amide bonds. The second-order valence-corrected chi connectivity index (χ2v) is 5.85. The van der Waals surface area contributed by atoms with Crippen LogP contribution in [0.2, 0.25) is 0 Å². The van der Waals surface area contributed by atoms with Gasteiger partial charge in [0.1, 0.15) is 5.82 Å². The summed E-state index contributed by atoms with van der Waals surface area (Å²) in [4.78, 5) is 11.8. The average Bonchev–Trinajstić information content (AvgIpc) is 2.41. The van der Waals surface area contributed by atoms with Crippen molar-refractivity contribution in [2.45, 2.75) is 12.8 Å². The standard InChI is InChI=1S/C13H16F2N2OS/c14-9-5-10(12(15)11(16)6-9)13(18)17-7-8-1-3-19-4-2-8/h5-6,8H,1-4,7,16H2,(H,17,18). The molecule has 0 bridgehead atoms. The molecule has 0 atom stereocenters. The van der Waals surface area contributed by atoms with Crippen LogP contribution >= 0.6 is 11.8 Å². The fourth-order valence-corrected chi connectivity index (χ4v) is 3.26. The Hall–Kier alpha value is -1.30. The van der Waals surface area contributed by atoms with Crippen molar-refractivity contribution in [1.82, 2.24) is 5.32 Å². The summed E-state index contributed by atoms with van der Waals surface area (Å²) in [5, 5.41) is 2.65. The minimum Gasteiger partial charge on any atom is -0.396 e. The third-order valence-corrected chi connectivity index (χ3v) is 4.25. The topological polar surface area (TPSA) is 55.1 Å². The zero-order valence-corrected chi connectivity index (χ0v) is 11.2. The van der Waals surface area contributed by atoms with E-state index in [4.69, 9.17) is 5.73 Å². The number of amides is 1. The van der Waals surface area contributed by atoms with Gasteiger partial charge < -0.3 is 11.1 Å². The van der Waals surface area contributed by atoms with Gasteiger partial charge in [-0.15, -0.1) is 0 Å². The Kier molecular flexibility index (Phi) is 4.63. The summed E-state index contributed by atoms with van der Waals surface area (Å²) >= 11 is 1.90. The second kappa shape index (κ2) is 6.23. The van der Waals surface area contributed by atoms with Crippen LogP contribution in [0, 0.1) is 17.6 Å². The third kappa shape index (κ3) is 3.59. The van der Waals surface area contributed by atoms with Crippen molar-refractivity contribution >= 4 is 23.4 Å². The molecule has 0 radical (unpaired) electrons. The van der Waals surface area contributed by atoms with Crippen molar-refractivity contribution in [1.29, 1.82) is 0 Å². The zero-order valence-electron chi connectivity index (χ0n) is 10.4. The molecule has 0 spiro atoms. The molecule has 3 nitrogen and oxygen atoms in total. The number of nitrogens with one attached hydrogen (secondary N) is 1. The lowest BCUT2D eigenvalue weighted by atomic mass is 10.0. The molecule has 1 aromatic carbocycles. The van der Waals surface area contributed by atoms with Crippen LogP contribution in [0.3, 0.4) is 0 Å². The van der Waals surface area contributed by atoms with Gasteiger partial charge in [-0.3, -0.25) is 4.79 Å². The zero-order chi connectivity index (χ0) is 13.8. The maximum Gasteiger partial charge on any atom is 0.254 e. The Morgan fingerprint density at radius 3 is 2.74 bits per heavy atom. The van der Waals surface area contributed by atoms with Crippen molar-refractivity contribution in [2.75, 3.05) is 23.8 Å². The molecule has 1 aliphatic heterocycles. The lowest BCUT2D eigenvalue weighted by Crippen LogP contribution is -2.31. The number of thioether (sulfide) groups is 1. The van der Waals surface area contributed by atoms with Gasteiger partial charge in [0.05, 0.1) is 11.3 Å². The second-order valence-electron chi connectivity index (χ2n) is 4.62. The van der Waals surface area contributed by atoms with E-state index >= 15 is 0 Å². The van der Waals surface area contributed by atoms with Crippen molar-refractivity contribution in [3.05, 3.63) is 29.3 Å². The fourth-order valence-electron chi connectivity index (χ4n) is 2.06. The first-order valence-corrected chi connectivity index (χ1v) is 7.34. The Bertz CT molecular complexity index is 476. The highest BCUT2D eigenvalue weighted by molar-refractivity contribution is 7.99. The molecule has 104 valence electrons. The average molecular weight is 286 g/mol. The van der Waals surface area contributed by atoms with E-state index in [1.807, 2.05) is 11.8 Å². The van der Waals surface area contributed by atoms with Crippen molar-refractivity contribution < 1.29 is 13.6 Å². The number of halogens is 2. The van der Waals surface area contributed by atoms with Crippen LogP contribution in [0.1, 0.15) is 23.2 Å². The number of anilines is 1. The van der Waals surface area contributed by atoms with E-state index in [1.54, 1.807) is 0 Å². The van der Waals surface area contributed by atoms with E-state index in [-0.39, 0.29) is 11.3 Å². The van der Waals surface area contributed by atoms with E-state index in [1.165, 1.54) is 0 Å². The van der Waals surface area contributed by atoms with E-state index < -0.39 is 17.5 Å². The molecule has 1 heterocycles. The Morgan fingerprint density at radius 2 is 2.05 bits per heavy atom. The van der Waals surface area contributed by atoms with E-state index in [9.17, 15) is 13.6 Å². The molecule has 0 aliphatic carbocycles. The number of carbonyl (C=O) groups is 1. The molecule has 1 fully saturated rings. The van der Waals surface area contributed by atoms with Gasteiger partial charge in [-0.1, -0.05) is 0 Å².